The van der Waals surface area contributed by atoms with Crippen LogP contribution in [-0.2, 0) is 68.8 Å². The number of nitrogens with one attached hydrogen (secondary N) is 11. The van der Waals surface area contributed by atoms with E-state index in [2.05, 4.69) is 86.7 Å². The molecule has 5 aliphatic rings. The van der Waals surface area contributed by atoms with Crippen LogP contribution in [0.1, 0.15) is 132 Å². The lowest BCUT2D eigenvalue weighted by atomic mass is 9.99. The molecule has 3 aromatic carbocycles. The molecule has 47 heteroatoms. The molecule has 4 aromatic rings. The number of benzene rings is 3. The number of aliphatic carboxylic acids is 1. The second-order valence-electron chi connectivity index (χ2n) is 31.2. The number of rotatable bonds is 50. The number of hydrogen-bond donors (Lipinski definition) is 15. The molecule has 1 aromatic heterocycles. The average Bonchev–Trinajstić information content (AvgIpc) is 1.61. The quantitative estimate of drug-likeness (QED) is 0.00545. The zero-order chi connectivity index (χ0) is 94.4. The third kappa shape index (κ3) is 29.5. The second kappa shape index (κ2) is 48.4. The average molecular weight is 1870 g/mol. The van der Waals surface area contributed by atoms with Crippen molar-refractivity contribution in [1.29, 1.82) is 0 Å². The molecule has 15 amide bonds. The van der Waals surface area contributed by atoms with Gasteiger partial charge in [0.05, 0.1) is 130 Å². The van der Waals surface area contributed by atoms with Crippen molar-refractivity contribution < 1.29 is 110 Å². The Bertz CT molecular complexity index is 4950. The SMILES string of the molecule is C=C1C[C@@H](C2OCCN2C(=O)OCC(C)(C)SSCCC(=O)NCCNC(=O)CCN2C(=O)CC(SC[C@@H](NC(=O)CNC(=O)CNC(=O)CNC(=O)CNC(=O)CNC(=O)CCCNC(=O)c3ccc(NCc4cnc(NN)c(C(N)=O)n4)cc3)C(=O)O)C2=O)N(C(=O)c2cc(OC)c(OCCCCCOc3cc4c(cc3OC)C(=O)N3CC(=C)C[C@@]3(C)C=N4)cc2N)C1. The van der Waals surface area contributed by atoms with E-state index in [0.717, 1.165) is 34.2 Å². The highest BCUT2D eigenvalue weighted by molar-refractivity contribution is 8.77. The van der Waals surface area contributed by atoms with E-state index in [1.165, 1.54) is 53.0 Å². The summed E-state index contributed by atoms with van der Waals surface area (Å²) in [5, 5.41) is 33.4. The van der Waals surface area contributed by atoms with Gasteiger partial charge in [-0.3, -0.25) is 81.9 Å². The molecule has 6 heterocycles. The number of imide groups is 1. The summed E-state index contributed by atoms with van der Waals surface area (Å²) in [6.07, 6.45) is 4.47. The maximum atomic E-state index is 14.4. The van der Waals surface area contributed by atoms with E-state index >= 15 is 0 Å². The van der Waals surface area contributed by atoms with E-state index < -0.39 is 150 Å². The number of nitrogens with zero attached hydrogens (tertiary/aromatic N) is 7. The van der Waals surface area contributed by atoms with Gasteiger partial charge >= 0.3 is 12.1 Å². The molecule has 4 fully saturated rings. The number of hydrogen-bond acceptors (Lipinski definition) is 32. The largest absolute Gasteiger partial charge is 0.493 e. The van der Waals surface area contributed by atoms with Gasteiger partial charge in [-0.15, -0.1) is 11.8 Å². The summed E-state index contributed by atoms with van der Waals surface area (Å²) in [5.41, 5.74) is 17.8. The Labute approximate surface area is 760 Å². The summed E-state index contributed by atoms with van der Waals surface area (Å²) in [7, 11) is 5.79. The zero-order valence-electron chi connectivity index (χ0n) is 72.5. The number of aliphatic imine (C=N–C) groups is 1. The Morgan fingerprint density at radius 1 is 0.708 bits per heavy atom. The Morgan fingerprint density at radius 3 is 1.95 bits per heavy atom. The number of carboxylic acids is 1. The third-order valence-corrected chi connectivity index (χ3v) is 25.1. The number of aromatic nitrogens is 2. The smallest absolute Gasteiger partial charge is 0.412 e. The molecule has 0 bridgehead atoms. The van der Waals surface area contributed by atoms with Gasteiger partial charge in [-0.1, -0.05) is 45.9 Å². The fourth-order valence-corrected chi connectivity index (χ4v) is 17.4. The second-order valence-corrected chi connectivity index (χ2v) is 35.6. The van der Waals surface area contributed by atoms with Crippen LogP contribution >= 0.6 is 33.3 Å². The lowest BCUT2D eigenvalue weighted by molar-refractivity contribution is -0.141. The van der Waals surface area contributed by atoms with Crippen LogP contribution < -0.4 is 94.9 Å². The number of nitrogen functional groups attached to an aromatic ring is 2. The highest BCUT2D eigenvalue weighted by atomic mass is 33.1. The molecule has 9 rings (SSSR count). The van der Waals surface area contributed by atoms with Crippen LogP contribution in [0.3, 0.4) is 0 Å². The summed E-state index contributed by atoms with van der Waals surface area (Å²) in [6, 6.07) is 10.7. The van der Waals surface area contributed by atoms with Crippen molar-refractivity contribution in [3.05, 3.63) is 107 Å². The standard InChI is InChI=1S/C83H109N21O23S3/c1-47-28-57(103(42-47)76(116)52-29-58(122-6)60(31-54(52)84)124-24-9-8-10-25-125-61-32-55-53(30-59(61)123-7)77(117)104-43-48(2)34-83(104,5)45-97-55)79-102(23-26-126-79)81(121)127-46-82(3,4)130-129-27-18-65(107)88-21-20-87-64(106)17-22-101-71(113)33-62(78(101)118)128-44-56(80(119)120)99-70(112)41-95-69(111)40-94-68(110)39-93-67(109)38-92-66(108)37-91-63(105)12-11-19-89-75(115)49-13-15-50(16-14-49)90-35-51-36-96-74(100-86)72(98-51)73(85)114/h13-16,29-32,36,45,56-57,62,79,90H,1-2,8-12,17-28,33-35,37-44,46,84,86H2,3-7H3,(H2,85,114)(H,87,106)(H,88,107)(H,89,115)(H,91,105)(H,92,108)(H,93,109)(H,94,110)(H,95,111)(H,96,100)(H,99,112)(H,119,120)/t56-,57+,62?,79?,83+/m1/s1. The molecule has 5 atom stereocenters. The number of thioether (sulfide) groups is 1. The minimum atomic E-state index is -1.58. The highest BCUT2D eigenvalue weighted by Crippen LogP contribution is 2.43. The van der Waals surface area contributed by atoms with Gasteiger partial charge in [-0.25, -0.2) is 25.4 Å². The van der Waals surface area contributed by atoms with E-state index in [0.29, 0.717) is 102 Å². The van der Waals surface area contributed by atoms with Gasteiger partial charge in [-0.2, -0.15) is 0 Å². The highest BCUT2D eigenvalue weighted by Gasteiger charge is 2.47. The van der Waals surface area contributed by atoms with Crippen molar-refractivity contribution in [2.24, 2.45) is 16.6 Å². The van der Waals surface area contributed by atoms with Gasteiger partial charge < -0.3 is 113 Å². The number of unbranched alkanes of at least 4 members (excludes halogenated alkanes) is 2. The first-order chi connectivity index (χ1) is 62.1. The maximum Gasteiger partial charge on any atom is 0.412 e. The van der Waals surface area contributed by atoms with Gasteiger partial charge in [0.25, 0.3) is 23.6 Å². The summed E-state index contributed by atoms with van der Waals surface area (Å²) in [5.74, 6) is -3.17. The number of nitrogens with two attached hydrogens (primary N) is 3. The molecule has 130 heavy (non-hydrogen) atoms. The van der Waals surface area contributed by atoms with Crippen LogP contribution in [0, 0.1) is 0 Å². The Morgan fingerprint density at radius 2 is 1.32 bits per heavy atom. The fourth-order valence-electron chi connectivity index (χ4n) is 13.8. The molecule has 0 radical (unpaired) electrons. The monoisotopic (exact) mass is 1860 g/mol. The van der Waals surface area contributed by atoms with Crippen LogP contribution in [0.15, 0.2) is 84.0 Å². The molecular formula is C83H109N21O23S3. The van der Waals surface area contributed by atoms with E-state index in [9.17, 15) is 81.8 Å². The van der Waals surface area contributed by atoms with Gasteiger partial charge in [0.1, 0.15) is 12.6 Å². The number of ether oxygens (including phenoxy) is 6. The Balaban J connectivity index is 0.567. The van der Waals surface area contributed by atoms with Crippen molar-refractivity contribution in [3.8, 4) is 23.0 Å². The molecule has 702 valence electrons. The van der Waals surface area contributed by atoms with Crippen LogP contribution in [-0.4, -0.2) is 300 Å². The molecule has 4 saturated heterocycles. The molecule has 44 nitrogen and oxygen atoms in total. The van der Waals surface area contributed by atoms with E-state index in [4.69, 9.17) is 45.7 Å². The minimum absolute atomic E-state index is 0.00990. The molecule has 2 unspecified atom stereocenters. The maximum absolute atomic E-state index is 14.4. The number of primary amides is 1. The fraction of sp³-hybridized carbons (Fsp3) is 0.482. The number of amides is 15. The summed E-state index contributed by atoms with van der Waals surface area (Å²) >= 11 is 0.788. The third-order valence-electron chi connectivity index (χ3n) is 20.5. The summed E-state index contributed by atoms with van der Waals surface area (Å²) in [6.45, 7) is 12.7. The number of anilines is 3. The first-order valence-electron chi connectivity index (χ1n) is 41.5. The first kappa shape index (κ1) is 101. The molecule has 0 saturated carbocycles. The van der Waals surface area contributed by atoms with Gasteiger partial charge in [0.15, 0.2) is 40.7 Å². The number of likely N-dealkylation sites (tertiary alicyclic amines) is 2. The van der Waals surface area contributed by atoms with Gasteiger partial charge in [0.2, 0.25) is 59.1 Å². The zero-order valence-corrected chi connectivity index (χ0v) is 75.0. The van der Waals surface area contributed by atoms with E-state index in [1.54, 1.807) is 58.5 Å². The number of carbonyl (C=O) groups excluding carboxylic acids is 15. The number of hydrazine groups is 1. The van der Waals surface area contributed by atoms with Crippen LogP contribution in [0.5, 0.6) is 23.0 Å². The topological polar surface area (TPSA) is 610 Å². The molecular weight excluding hydrogens is 1760 g/mol. The number of carboxylic acid groups (broad SMARTS) is 1. The summed E-state index contributed by atoms with van der Waals surface area (Å²) in [4.78, 5) is 223. The van der Waals surface area contributed by atoms with E-state index in [-0.39, 0.29) is 131 Å². The predicted octanol–water partition coefficient (Wildman–Crippen LogP) is 0.537. The first-order valence-corrected chi connectivity index (χ1v) is 44.8. The van der Waals surface area contributed by atoms with Crippen molar-refractivity contribution >= 4 is 157 Å². The van der Waals surface area contributed by atoms with Crippen molar-refractivity contribution in [3.63, 3.8) is 0 Å². The lowest BCUT2D eigenvalue weighted by Gasteiger charge is -2.33. The normalized spacial score (nSPS) is 17.0. The van der Waals surface area contributed by atoms with Crippen LogP contribution in [0.25, 0.3) is 0 Å². The van der Waals surface area contributed by atoms with Crippen molar-refractivity contribution in [2.75, 3.05) is 147 Å². The predicted molar refractivity (Wildman–Crippen MR) is 478 cm³/mol. The Hall–Kier alpha value is -13.0. The van der Waals surface area contributed by atoms with Gasteiger partial charge in [0, 0.05) is 112 Å². The van der Waals surface area contributed by atoms with Crippen LogP contribution in [0.2, 0.25) is 0 Å². The molecule has 0 spiro atoms. The van der Waals surface area contributed by atoms with Crippen LogP contribution in [0.4, 0.5) is 27.7 Å². The number of fused-ring (bicyclic) bond motifs is 2. The molecule has 0 aliphatic carbocycles. The number of methoxy groups -OCH3 is 2. The summed E-state index contributed by atoms with van der Waals surface area (Å²) < 4.78 is 34.9. The molecule has 5 aliphatic heterocycles. The lowest BCUT2D eigenvalue weighted by Crippen LogP contribution is -2.51. The van der Waals surface area contributed by atoms with Crippen molar-refractivity contribution in [1.82, 2.24) is 77.4 Å². The van der Waals surface area contributed by atoms with E-state index in [1.807, 2.05) is 20.8 Å². The van der Waals surface area contributed by atoms with Crippen molar-refractivity contribution in [2.45, 2.75) is 125 Å². The minimum Gasteiger partial charge on any atom is -0.493 e. The van der Waals surface area contributed by atoms with Gasteiger partial charge in [-0.05, 0) is 95.7 Å². The molecule has 18 N–H and O–H groups in total. The number of carbonyl (C=O) groups is 16. The Kier molecular flexibility index (Phi) is 37.5.